The number of hydrogen-bond donors (Lipinski definition) is 2. The third-order valence-corrected chi connectivity index (χ3v) is 3.05. The van der Waals surface area contributed by atoms with E-state index in [0.29, 0.717) is 0 Å². The Labute approximate surface area is 127 Å². The van der Waals surface area contributed by atoms with Crippen LogP contribution in [0.1, 0.15) is 20.8 Å². The van der Waals surface area contributed by atoms with Gasteiger partial charge in [0, 0.05) is 15.8 Å². The van der Waals surface area contributed by atoms with Crippen molar-refractivity contribution >= 4 is 34.5 Å². The van der Waals surface area contributed by atoms with Crippen LogP contribution >= 0.6 is 22.6 Å². The second-order valence-electron chi connectivity index (χ2n) is 3.79. The van der Waals surface area contributed by atoms with Crippen molar-refractivity contribution in [1.82, 2.24) is 4.98 Å². The number of rotatable bonds is 4. The summed E-state index contributed by atoms with van der Waals surface area (Å²) >= 11 is 2.01. The van der Waals surface area contributed by atoms with Gasteiger partial charge in [0.15, 0.2) is 0 Å². The first-order valence-electron chi connectivity index (χ1n) is 5.44. The number of carboxylic acids is 1. The van der Waals surface area contributed by atoms with Gasteiger partial charge in [-0.05, 0) is 46.9 Å². The zero-order valence-corrected chi connectivity index (χ0v) is 12.2. The summed E-state index contributed by atoms with van der Waals surface area (Å²) in [5.74, 6) is -1.31. The van der Waals surface area contributed by atoms with Gasteiger partial charge in [-0.15, -0.1) is 0 Å². The molecule has 1 heterocycles. The Kier molecular flexibility index (Phi) is 4.18. The molecule has 7 heteroatoms. The lowest BCUT2D eigenvalue weighted by molar-refractivity contribution is 0.0693. The number of amides is 1. The van der Waals surface area contributed by atoms with Gasteiger partial charge in [0.1, 0.15) is 22.8 Å². The highest BCUT2D eigenvalue weighted by atomic mass is 127. The lowest BCUT2D eigenvalue weighted by atomic mass is 10.2. The van der Waals surface area contributed by atoms with E-state index in [9.17, 15) is 9.59 Å². The minimum atomic E-state index is -1.09. The molecular weight excluding hydrogens is 375 g/mol. The molecule has 0 aliphatic heterocycles. The fourth-order valence-electron chi connectivity index (χ4n) is 1.49. The molecule has 0 aliphatic rings. The van der Waals surface area contributed by atoms with Crippen LogP contribution in [0.2, 0.25) is 0 Å². The number of hydrogen-bond acceptors (Lipinski definition) is 4. The average molecular weight is 384 g/mol. The monoisotopic (exact) mass is 384 g/mol. The molecule has 2 aromatic rings. The number of benzene rings is 1. The van der Waals surface area contributed by atoms with E-state index in [4.69, 9.17) is 15.6 Å². The van der Waals surface area contributed by atoms with Crippen LogP contribution in [0.25, 0.3) is 0 Å². The van der Waals surface area contributed by atoms with Crippen LogP contribution in [0.4, 0.5) is 0 Å². The van der Waals surface area contributed by atoms with Gasteiger partial charge in [-0.1, -0.05) is 0 Å². The number of carbonyl (C=O) groups excluding carboxylic acids is 1. The second-order valence-corrected chi connectivity index (χ2v) is 5.03. The van der Waals surface area contributed by atoms with E-state index in [1.54, 1.807) is 12.1 Å². The maximum atomic E-state index is 11.2. The van der Waals surface area contributed by atoms with E-state index >= 15 is 0 Å². The van der Waals surface area contributed by atoms with Gasteiger partial charge in [0.25, 0.3) is 5.91 Å². The van der Waals surface area contributed by atoms with Crippen molar-refractivity contribution in [2.24, 2.45) is 5.73 Å². The first-order valence-corrected chi connectivity index (χ1v) is 6.52. The number of aromatic carboxylic acids is 1. The summed E-state index contributed by atoms with van der Waals surface area (Å²) in [6.07, 6.45) is 1.36. The Morgan fingerprint density at radius 1 is 1.25 bits per heavy atom. The number of nitrogens with two attached hydrogens (primary N) is 1. The molecule has 0 saturated carbocycles. The molecule has 2 rings (SSSR count). The van der Waals surface area contributed by atoms with Gasteiger partial charge in [-0.25, -0.2) is 4.79 Å². The predicted octanol–water partition coefficient (Wildman–Crippen LogP) is 2.28. The highest BCUT2D eigenvalue weighted by Gasteiger charge is 2.13. The summed E-state index contributed by atoms with van der Waals surface area (Å²) in [4.78, 5) is 26.0. The van der Waals surface area contributed by atoms with Gasteiger partial charge in [-0.3, -0.25) is 9.78 Å². The van der Waals surface area contributed by atoms with Gasteiger partial charge in [0.2, 0.25) is 0 Å². The van der Waals surface area contributed by atoms with Crippen molar-refractivity contribution in [3.63, 3.8) is 0 Å². The molecule has 0 spiro atoms. The van der Waals surface area contributed by atoms with Crippen LogP contribution in [0.15, 0.2) is 36.5 Å². The van der Waals surface area contributed by atoms with Crippen LogP contribution in [-0.2, 0) is 0 Å². The van der Waals surface area contributed by atoms with Crippen molar-refractivity contribution in [3.8, 4) is 11.5 Å². The number of carboxylic acid groups (broad SMARTS) is 1. The van der Waals surface area contributed by atoms with Crippen molar-refractivity contribution in [2.75, 3.05) is 0 Å². The Morgan fingerprint density at radius 3 is 2.65 bits per heavy atom. The zero-order valence-electron chi connectivity index (χ0n) is 10.0. The Balaban J connectivity index is 2.37. The topological polar surface area (TPSA) is 103 Å². The minimum absolute atomic E-state index is 0.0364. The SMILES string of the molecule is NC(=O)c1cc(Oc2ccc(I)cc2C(=O)O)ccn1. The highest BCUT2D eigenvalue weighted by molar-refractivity contribution is 14.1. The summed E-state index contributed by atoms with van der Waals surface area (Å²) in [5, 5.41) is 9.14. The van der Waals surface area contributed by atoms with Gasteiger partial charge in [0.05, 0.1) is 0 Å². The number of pyridine rings is 1. The van der Waals surface area contributed by atoms with Gasteiger partial charge in [-0.2, -0.15) is 0 Å². The maximum absolute atomic E-state index is 11.2. The Bertz CT molecular complexity index is 688. The van der Waals surface area contributed by atoms with Crippen LogP contribution in [-0.4, -0.2) is 22.0 Å². The lowest BCUT2D eigenvalue weighted by Gasteiger charge is -2.09. The molecule has 0 fully saturated rings. The van der Waals surface area contributed by atoms with E-state index in [1.165, 1.54) is 24.4 Å². The number of ether oxygens (including phenoxy) is 1. The number of carbonyl (C=O) groups is 2. The maximum Gasteiger partial charge on any atom is 0.339 e. The normalized spacial score (nSPS) is 10.1. The van der Waals surface area contributed by atoms with Gasteiger partial charge >= 0.3 is 5.97 Å². The molecule has 3 N–H and O–H groups in total. The van der Waals surface area contributed by atoms with Crippen molar-refractivity contribution in [3.05, 3.63) is 51.4 Å². The zero-order chi connectivity index (χ0) is 14.7. The number of aromatic nitrogens is 1. The lowest BCUT2D eigenvalue weighted by Crippen LogP contribution is -2.12. The number of nitrogens with zero attached hydrogens (tertiary/aromatic N) is 1. The second kappa shape index (κ2) is 5.87. The number of primary amides is 1. The molecule has 6 nitrogen and oxygen atoms in total. The van der Waals surface area contributed by atoms with Crippen molar-refractivity contribution in [2.45, 2.75) is 0 Å². The first-order chi connectivity index (χ1) is 9.47. The Morgan fingerprint density at radius 2 is 2.00 bits per heavy atom. The highest BCUT2D eigenvalue weighted by Crippen LogP contribution is 2.27. The average Bonchev–Trinajstić information content (AvgIpc) is 2.41. The molecule has 0 unspecified atom stereocenters. The molecule has 20 heavy (non-hydrogen) atoms. The van der Waals surface area contributed by atoms with E-state index < -0.39 is 11.9 Å². The Hall–Kier alpha value is -2.16. The summed E-state index contributed by atoms with van der Waals surface area (Å²) in [6.45, 7) is 0. The number of halogens is 1. The fraction of sp³-hybridized carbons (Fsp3) is 0. The molecule has 0 atom stereocenters. The van der Waals surface area contributed by atoms with E-state index in [2.05, 4.69) is 4.98 Å². The third kappa shape index (κ3) is 3.23. The van der Waals surface area contributed by atoms with Crippen LogP contribution in [0, 0.1) is 3.57 Å². The largest absolute Gasteiger partial charge is 0.478 e. The molecule has 1 aromatic carbocycles. The van der Waals surface area contributed by atoms with E-state index in [-0.39, 0.29) is 22.8 Å². The molecule has 1 amide bonds. The smallest absolute Gasteiger partial charge is 0.339 e. The summed E-state index contributed by atoms with van der Waals surface area (Å²) in [7, 11) is 0. The molecule has 0 radical (unpaired) electrons. The standard InChI is InChI=1S/C13H9IN2O4/c14-7-1-2-11(9(5-7)13(18)19)20-8-3-4-16-10(6-8)12(15)17/h1-6H,(H2,15,17)(H,18,19). The summed E-state index contributed by atoms with van der Waals surface area (Å²) < 4.78 is 6.26. The molecule has 0 bridgehead atoms. The van der Waals surface area contributed by atoms with Crippen LogP contribution < -0.4 is 10.5 Å². The predicted molar refractivity (Wildman–Crippen MR) is 78.9 cm³/mol. The van der Waals surface area contributed by atoms with Crippen LogP contribution in [0.5, 0.6) is 11.5 Å². The quantitative estimate of drug-likeness (QED) is 0.788. The molecule has 102 valence electrons. The van der Waals surface area contributed by atoms with Crippen molar-refractivity contribution in [1.29, 1.82) is 0 Å². The van der Waals surface area contributed by atoms with Gasteiger partial charge < -0.3 is 15.6 Å². The summed E-state index contributed by atoms with van der Waals surface area (Å²) in [5.41, 5.74) is 5.20. The molecule has 0 aliphatic carbocycles. The van der Waals surface area contributed by atoms with Crippen LogP contribution in [0.3, 0.4) is 0 Å². The van der Waals surface area contributed by atoms with E-state index in [1.807, 2.05) is 22.6 Å². The third-order valence-electron chi connectivity index (χ3n) is 2.38. The first kappa shape index (κ1) is 14.3. The fourth-order valence-corrected chi connectivity index (χ4v) is 1.99. The molecular formula is C13H9IN2O4. The molecule has 0 saturated heterocycles. The van der Waals surface area contributed by atoms with Crippen molar-refractivity contribution < 1.29 is 19.4 Å². The summed E-state index contributed by atoms with van der Waals surface area (Å²) in [6, 6.07) is 7.63. The molecule has 1 aromatic heterocycles. The minimum Gasteiger partial charge on any atom is -0.478 e. The van der Waals surface area contributed by atoms with E-state index in [0.717, 1.165) is 3.57 Å².